The van der Waals surface area contributed by atoms with Crippen molar-refractivity contribution in [3.63, 3.8) is 0 Å². The Bertz CT molecular complexity index is 650. The monoisotopic (exact) mass is 392 g/mol. The SMILES string of the molecule is COC(=O)C1(c2sc3c(C)c(I)sc3c2C)CC1. The van der Waals surface area contributed by atoms with Gasteiger partial charge in [0.1, 0.15) is 5.41 Å². The number of rotatable bonds is 2. The van der Waals surface area contributed by atoms with Crippen LogP contribution in [0, 0.1) is 16.7 Å². The van der Waals surface area contributed by atoms with Crippen LogP contribution in [0.4, 0.5) is 0 Å². The molecular weight excluding hydrogens is 379 g/mol. The zero-order chi connectivity index (χ0) is 13.1. The molecule has 1 saturated carbocycles. The van der Waals surface area contributed by atoms with Crippen molar-refractivity contribution >= 4 is 60.6 Å². The third-order valence-corrected chi connectivity index (χ3v) is 8.09. The minimum absolute atomic E-state index is 0.0631. The molecule has 0 amide bonds. The summed E-state index contributed by atoms with van der Waals surface area (Å²) in [4.78, 5) is 13.2. The summed E-state index contributed by atoms with van der Waals surface area (Å²) in [6.45, 7) is 4.31. The van der Waals surface area contributed by atoms with Crippen LogP contribution >= 0.6 is 45.3 Å². The van der Waals surface area contributed by atoms with Crippen LogP contribution in [0.2, 0.25) is 0 Å². The molecule has 96 valence electrons. The molecule has 18 heavy (non-hydrogen) atoms. The summed E-state index contributed by atoms with van der Waals surface area (Å²) in [5, 5.41) is 0. The molecule has 1 fully saturated rings. The van der Waals surface area contributed by atoms with Crippen molar-refractivity contribution in [2.45, 2.75) is 32.1 Å². The Morgan fingerprint density at radius 1 is 1.22 bits per heavy atom. The van der Waals surface area contributed by atoms with Crippen LogP contribution in [0.3, 0.4) is 0 Å². The summed E-state index contributed by atoms with van der Waals surface area (Å²) in [5.41, 5.74) is 2.32. The number of hydrogen-bond donors (Lipinski definition) is 0. The Balaban J connectivity index is 2.20. The first-order chi connectivity index (χ1) is 8.51. The maximum absolute atomic E-state index is 12.0. The number of carbonyl (C=O) groups is 1. The summed E-state index contributed by atoms with van der Waals surface area (Å²) in [5.74, 6) is -0.0631. The van der Waals surface area contributed by atoms with Crippen LogP contribution < -0.4 is 0 Å². The van der Waals surface area contributed by atoms with E-state index in [0.29, 0.717) is 0 Å². The van der Waals surface area contributed by atoms with Gasteiger partial charge in [-0.05, 0) is 60.4 Å². The molecule has 2 heterocycles. The van der Waals surface area contributed by atoms with Crippen molar-refractivity contribution in [1.29, 1.82) is 0 Å². The van der Waals surface area contributed by atoms with Crippen molar-refractivity contribution in [1.82, 2.24) is 0 Å². The van der Waals surface area contributed by atoms with Gasteiger partial charge in [0.25, 0.3) is 0 Å². The largest absolute Gasteiger partial charge is 0.468 e. The number of thiophene rings is 2. The van der Waals surface area contributed by atoms with Gasteiger partial charge in [-0.3, -0.25) is 4.79 Å². The third-order valence-electron chi connectivity index (χ3n) is 3.68. The molecule has 0 atom stereocenters. The highest BCUT2D eigenvalue weighted by molar-refractivity contribution is 14.1. The van der Waals surface area contributed by atoms with Crippen molar-refractivity contribution in [2.75, 3.05) is 7.11 Å². The van der Waals surface area contributed by atoms with Gasteiger partial charge in [-0.1, -0.05) is 0 Å². The maximum atomic E-state index is 12.0. The van der Waals surface area contributed by atoms with E-state index >= 15 is 0 Å². The minimum Gasteiger partial charge on any atom is -0.468 e. The predicted molar refractivity (Wildman–Crippen MR) is 84.8 cm³/mol. The molecule has 0 bridgehead atoms. The summed E-state index contributed by atoms with van der Waals surface area (Å²) in [6, 6.07) is 0. The van der Waals surface area contributed by atoms with E-state index in [4.69, 9.17) is 4.74 Å². The van der Waals surface area contributed by atoms with Crippen molar-refractivity contribution < 1.29 is 9.53 Å². The van der Waals surface area contributed by atoms with Crippen molar-refractivity contribution in [3.05, 3.63) is 18.9 Å². The molecule has 0 aromatic carbocycles. The first-order valence-electron chi connectivity index (χ1n) is 5.78. The first kappa shape index (κ1) is 12.9. The number of esters is 1. The lowest BCUT2D eigenvalue weighted by molar-refractivity contribution is -0.143. The van der Waals surface area contributed by atoms with E-state index in [1.54, 1.807) is 11.3 Å². The lowest BCUT2D eigenvalue weighted by Crippen LogP contribution is -2.21. The molecule has 0 spiro atoms. The van der Waals surface area contributed by atoms with Crippen LogP contribution in [0.25, 0.3) is 9.40 Å². The van der Waals surface area contributed by atoms with Gasteiger partial charge >= 0.3 is 5.97 Å². The first-order valence-corrected chi connectivity index (χ1v) is 8.49. The molecule has 0 radical (unpaired) electrons. The number of hydrogen-bond acceptors (Lipinski definition) is 4. The van der Waals surface area contributed by atoms with Crippen LogP contribution in [-0.4, -0.2) is 13.1 Å². The molecule has 2 aromatic rings. The number of halogens is 1. The Hall–Kier alpha value is -0.140. The van der Waals surface area contributed by atoms with Crippen molar-refractivity contribution in [2.24, 2.45) is 0 Å². The molecule has 1 aliphatic carbocycles. The molecule has 0 aliphatic heterocycles. The molecule has 5 heteroatoms. The summed E-state index contributed by atoms with van der Waals surface area (Å²) in [6.07, 6.45) is 1.87. The van der Waals surface area contributed by atoms with Crippen LogP contribution in [0.5, 0.6) is 0 Å². The molecule has 1 aliphatic rings. The number of fused-ring (bicyclic) bond motifs is 1. The summed E-state index contributed by atoms with van der Waals surface area (Å²) >= 11 is 6.02. The second kappa shape index (κ2) is 4.18. The lowest BCUT2D eigenvalue weighted by Gasteiger charge is -2.11. The topological polar surface area (TPSA) is 26.3 Å². The fourth-order valence-corrected chi connectivity index (χ4v) is 6.30. The normalized spacial score (nSPS) is 17.1. The lowest BCUT2D eigenvalue weighted by atomic mass is 10.0. The van der Waals surface area contributed by atoms with Crippen LogP contribution in [0.15, 0.2) is 0 Å². The van der Waals surface area contributed by atoms with Gasteiger partial charge in [0, 0.05) is 14.3 Å². The van der Waals surface area contributed by atoms with Gasteiger partial charge in [-0.25, -0.2) is 0 Å². The Morgan fingerprint density at radius 2 is 1.83 bits per heavy atom. The van der Waals surface area contributed by atoms with Crippen molar-refractivity contribution in [3.8, 4) is 0 Å². The number of aryl methyl sites for hydroxylation is 2. The van der Waals surface area contributed by atoms with Gasteiger partial charge in [-0.15, -0.1) is 22.7 Å². The maximum Gasteiger partial charge on any atom is 0.317 e. The fourth-order valence-electron chi connectivity index (χ4n) is 2.42. The quantitative estimate of drug-likeness (QED) is 0.560. The molecule has 0 unspecified atom stereocenters. The average Bonchev–Trinajstić information content (AvgIpc) is 3.04. The van der Waals surface area contributed by atoms with Gasteiger partial charge in [0.15, 0.2) is 0 Å². The van der Waals surface area contributed by atoms with Gasteiger partial charge in [0.05, 0.1) is 9.99 Å². The average molecular weight is 392 g/mol. The Labute approximate surface area is 127 Å². The van der Waals surface area contributed by atoms with E-state index in [1.807, 2.05) is 11.3 Å². The van der Waals surface area contributed by atoms with Crippen LogP contribution in [0.1, 0.15) is 28.8 Å². The summed E-state index contributed by atoms with van der Waals surface area (Å²) in [7, 11) is 1.49. The Kier molecular flexibility index (Phi) is 2.99. The number of ether oxygens (including phenoxy) is 1. The number of carbonyl (C=O) groups excluding carboxylic acids is 1. The van der Waals surface area contributed by atoms with E-state index in [-0.39, 0.29) is 11.4 Å². The third kappa shape index (κ3) is 1.59. The van der Waals surface area contributed by atoms with E-state index in [2.05, 4.69) is 36.4 Å². The molecule has 0 saturated heterocycles. The van der Waals surface area contributed by atoms with E-state index < -0.39 is 0 Å². The zero-order valence-corrected chi connectivity index (χ0v) is 14.2. The van der Waals surface area contributed by atoms with Gasteiger partial charge in [0.2, 0.25) is 0 Å². The Morgan fingerprint density at radius 3 is 2.33 bits per heavy atom. The molecular formula is C13H13IO2S2. The van der Waals surface area contributed by atoms with Gasteiger partial charge < -0.3 is 4.74 Å². The minimum atomic E-state index is -0.319. The van der Waals surface area contributed by atoms with Crippen LogP contribution in [-0.2, 0) is 14.9 Å². The highest BCUT2D eigenvalue weighted by Crippen LogP contribution is 2.55. The summed E-state index contributed by atoms with van der Waals surface area (Å²) < 4.78 is 9.04. The van der Waals surface area contributed by atoms with Gasteiger partial charge in [-0.2, -0.15) is 0 Å². The smallest absolute Gasteiger partial charge is 0.317 e. The second-order valence-corrected chi connectivity index (χ2v) is 8.64. The molecule has 2 aromatic heterocycles. The predicted octanol–water partition coefficient (Wildman–Crippen LogP) is 4.39. The standard InChI is InChI=1S/C13H13IO2S2/c1-6-8-9(7(2)11(14)18-8)17-10(6)13(4-5-13)12(15)16-3/h4-5H2,1-3H3. The van der Waals surface area contributed by atoms with E-state index in [1.165, 1.54) is 35.4 Å². The highest BCUT2D eigenvalue weighted by atomic mass is 127. The fraction of sp³-hybridized carbons (Fsp3) is 0.462. The highest BCUT2D eigenvalue weighted by Gasteiger charge is 2.54. The van der Waals surface area contributed by atoms with E-state index in [9.17, 15) is 4.79 Å². The second-order valence-electron chi connectivity index (χ2n) is 4.79. The number of methoxy groups -OCH3 is 1. The molecule has 2 nitrogen and oxygen atoms in total. The molecule has 0 N–H and O–H groups in total. The van der Waals surface area contributed by atoms with E-state index in [0.717, 1.165) is 12.8 Å². The zero-order valence-electron chi connectivity index (χ0n) is 10.4. The molecule has 3 rings (SSSR count).